The lowest BCUT2D eigenvalue weighted by Crippen LogP contribution is -2.37. The summed E-state index contributed by atoms with van der Waals surface area (Å²) in [6.45, 7) is 0.985. The molecule has 4 nitrogen and oxygen atoms in total. The van der Waals surface area contributed by atoms with Crippen molar-refractivity contribution in [2.75, 3.05) is 24.3 Å². The fourth-order valence-corrected chi connectivity index (χ4v) is 4.87. The number of hydrogen-bond donors (Lipinski definition) is 0. The zero-order valence-corrected chi connectivity index (χ0v) is 16.8. The number of carbonyl (C=O) groups is 1. The van der Waals surface area contributed by atoms with Crippen LogP contribution in [0.25, 0.3) is 10.2 Å². The first-order chi connectivity index (χ1) is 13.6. The highest BCUT2D eigenvalue weighted by molar-refractivity contribution is 7.98. The Balaban J connectivity index is 1.77. The van der Waals surface area contributed by atoms with Crippen LogP contribution < -0.4 is 4.90 Å². The zero-order valence-electron chi connectivity index (χ0n) is 15.2. The maximum absolute atomic E-state index is 14.1. The van der Waals surface area contributed by atoms with Gasteiger partial charge < -0.3 is 4.74 Å². The van der Waals surface area contributed by atoms with Crippen molar-refractivity contribution in [2.45, 2.75) is 23.8 Å². The Hall–Kier alpha value is -2.03. The Morgan fingerprint density at radius 1 is 1.36 bits per heavy atom. The first-order valence-corrected chi connectivity index (χ1v) is 10.9. The molecule has 1 saturated heterocycles. The van der Waals surface area contributed by atoms with E-state index in [-0.39, 0.29) is 17.5 Å². The minimum Gasteiger partial charge on any atom is -0.376 e. The van der Waals surface area contributed by atoms with Gasteiger partial charge in [-0.05, 0) is 37.3 Å². The van der Waals surface area contributed by atoms with Gasteiger partial charge in [0, 0.05) is 17.6 Å². The molecule has 0 saturated carbocycles. The van der Waals surface area contributed by atoms with Crippen molar-refractivity contribution in [3.63, 3.8) is 0 Å². The summed E-state index contributed by atoms with van der Waals surface area (Å²) >= 11 is 2.59. The van der Waals surface area contributed by atoms with Crippen LogP contribution in [-0.2, 0) is 4.74 Å². The number of amides is 1. The Morgan fingerprint density at radius 2 is 2.18 bits per heavy atom. The molecule has 2 heterocycles. The van der Waals surface area contributed by atoms with E-state index in [2.05, 4.69) is 4.98 Å². The van der Waals surface area contributed by atoms with Crippen molar-refractivity contribution in [3.05, 3.63) is 53.6 Å². The van der Waals surface area contributed by atoms with Gasteiger partial charge in [0.2, 0.25) is 0 Å². The molecule has 0 radical (unpaired) electrons. The zero-order chi connectivity index (χ0) is 19.7. The molecule has 1 unspecified atom stereocenters. The van der Waals surface area contributed by atoms with E-state index in [4.69, 9.17) is 4.74 Å². The average Bonchev–Trinajstić information content (AvgIpc) is 3.35. The molecule has 0 aliphatic carbocycles. The molecule has 0 N–H and O–H groups in total. The Bertz CT molecular complexity index is 1020. The first-order valence-electron chi connectivity index (χ1n) is 8.89. The van der Waals surface area contributed by atoms with E-state index in [0.717, 1.165) is 35.1 Å². The van der Waals surface area contributed by atoms with Gasteiger partial charge in [-0.3, -0.25) is 9.69 Å². The van der Waals surface area contributed by atoms with Gasteiger partial charge in [0.05, 0.1) is 22.9 Å². The van der Waals surface area contributed by atoms with E-state index < -0.39 is 11.6 Å². The number of benzene rings is 2. The SMILES string of the molecule is CSc1ccccc1C(=O)N(CC1CCCO1)c1nc2c(F)cc(F)cc2s1. The van der Waals surface area contributed by atoms with Gasteiger partial charge in [-0.15, -0.1) is 11.8 Å². The summed E-state index contributed by atoms with van der Waals surface area (Å²) in [6.07, 6.45) is 3.60. The first kappa shape index (κ1) is 19.3. The van der Waals surface area contributed by atoms with Crippen LogP contribution in [0, 0.1) is 11.6 Å². The summed E-state index contributed by atoms with van der Waals surface area (Å²) in [5.74, 6) is -1.61. The van der Waals surface area contributed by atoms with E-state index in [0.29, 0.717) is 28.5 Å². The van der Waals surface area contributed by atoms with Crippen LogP contribution in [0.15, 0.2) is 41.3 Å². The molecule has 2 aromatic carbocycles. The number of nitrogens with zero attached hydrogens (tertiary/aromatic N) is 2. The van der Waals surface area contributed by atoms with Crippen LogP contribution in [0.1, 0.15) is 23.2 Å². The molecular formula is C20H18F2N2O2S2. The molecular weight excluding hydrogens is 402 g/mol. The van der Waals surface area contributed by atoms with Gasteiger partial charge in [0.15, 0.2) is 10.9 Å². The number of ether oxygens (including phenoxy) is 1. The minimum absolute atomic E-state index is 0.0738. The van der Waals surface area contributed by atoms with Crippen LogP contribution in [0.3, 0.4) is 0 Å². The standard InChI is InChI=1S/C20H18F2N2O2S2/c1-27-16-7-3-2-6-14(16)19(25)24(11-13-5-4-8-26-13)20-23-18-15(22)9-12(21)10-17(18)28-20/h2-3,6-7,9-10,13H,4-5,8,11H2,1H3. The van der Waals surface area contributed by atoms with Gasteiger partial charge >= 0.3 is 0 Å². The van der Waals surface area contributed by atoms with Crippen LogP contribution in [0.5, 0.6) is 0 Å². The van der Waals surface area contributed by atoms with Crippen molar-refractivity contribution in [3.8, 4) is 0 Å². The molecule has 1 aliphatic rings. The van der Waals surface area contributed by atoms with E-state index in [1.165, 1.54) is 22.7 Å². The van der Waals surface area contributed by atoms with Crippen molar-refractivity contribution in [1.82, 2.24) is 4.98 Å². The predicted octanol–water partition coefficient (Wildman–Crippen LogP) is 5.12. The van der Waals surface area contributed by atoms with Crippen molar-refractivity contribution in [2.24, 2.45) is 0 Å². The third kappa shape index (κ3) is 3.76. The van der Waals surface area contributed by atoms with Gasteiger partial charge in [-0.25, -0.2) is 13.8 Å². The number of rotatable bonds is 5. The lowest BCUT2D eigenvalue weighted by molar-refractivity contribution is 0.0915. The van der Waals surface area contributed by atoms with Crippen LogP contribution in [0.2, 0.25) is 0 Å². The maximum Gasteiger partial charge on any atom is 0.261 e. The number of carbonyl (C=O) groups excluding carboxylic acids is 1. The summed E-state index contributed by atoms with van der Waals surface area (Å²) in [4.78, 5) is 20.1. The normalized spacial score (nSPS) is 16.6. The number of aromatic nitrogens is 1. The molecule has 146 valence electrons. The molecule has 1 amide bonds. The number of thioether (sulfide) groups is 1. The maximum atomic E-state index is 14.1. The second-order valence-electron chi connectivity index (χ2n) is 6.48. The lowest BCUT2D eigenvalue weighted by atomic mass is 10.1. The summed E-state index contributed by atoms with van der Waals surface area (Å²) in [5, 5.41) is 0.343. The molecule has 0 bridgehead atoms. The average molecular weight is 421 g/mol. The molecule has 1 atom stereocenters. The van der Waals surface area contributed by atoms with E-state index in [9.17, 15) is 13.6 Å². The fourth-order valence-electron chi connectivity index (χ4n) is 3.27. The molecule has 8 heteroatoms. The van der Waals surface area contributed by atoms with Gasteiger partial charge in [0.25, 0.3) is 5.91 Å². The number of hydrogen-bond acceptors (Lipinski definition) is 5. The second-order valence-corrected chi connectivity index (χ2v) is 8.34. The largest absolute Gasteiger partial charge is 0.376 e. The molecule has 1 fully saturated rings. The minimum atomic E-state index is -0.730. The third-order valence-electron chi connectivity index (χ3n) is 4.63. The smallest absolute Gasteiger partial charge is 0.261 e. The van der Waals surface area contributed by atoms with E-state index >= 15 is 0 Å². The van der Waals surface area contributed by atoms with E-state index in [1.807, 2.05) is 24.5 Å². The third-order valence-corrected chi connectivity index (χ3v) is 6.45. The van der Waals surface area contributed by atoms with Crippen LogP contribution in [0.4, 0.5) is 13.9 Å². The van der Waals surface area contributed by atoms with Crippen LogP contribution in [-0.4, -0.2) is 36.4 Å². The van der Waals surface area contributed by atoms with Crippen molar-refractivity contribution in [1.29, 1.82) is 0 Å². The second kappa shape index (κ2) is 8.14. The van der Waals surface area contributed by atoms with Gasteiger partial charge in [-0.2, -0.15) is 0 Å². The number of thiazole rings is 1. The van der Waals surface area contributed by atoms with Crippen molar-refractivity contribution < 1.29 is 18.3 Å². The summed E-state index contributed by atoms with van der Waals surface area (Å²) < 4.78 is 33.8. The Labute approximate surface area is 169 Å². The number of halogens is 2. The molecule has 1 aliphatic heterocycles. The summed E-state index contributed by atoms with van der Waals surface area (Å²) in [7, 11) is 0. The highest BCUT2D eigenvalue weighted by Gasteiger charge is 2.28. The molecule has 4 rings (SSSR count). The van der Waals surface area contributed by atoms with E-state index in [1.54, 1.807) is 6.07 Å². The topological polar surface area (TPSA) is 42.4 Å². The van der Waals surface area contributed by atoms with Crippen molar-refractivity contribution >= 4 is 44.4 Å². The van der Waals surface area contributed by atoms with Crippen LogP contribution >= 0.6 is 23.1 Å². The lowest BCUT2D eigenvalue weighted by Gasteiger charge is -2.24. The fraction of sp³-hybridized carbons (Fsp3) is 0.300. The summed E-state index contributed by atoms with van der Waals surface area (Å²) in [6, 6.07) is 9.39. The molecule has 0 spiro atoms. The van der Waals surface area contributed by atoms with Gasteiger partial charge in [-0.1, -0.05) is 23.5 Å². The Morgan fingerprint density at radius 3 is 2.93 bits per heavy atom. The summed E-state index contributed by atoms with van der Waals surface area (Å²) in [5.41, 5.74) is 0.628. The number of fused-ring (bicyclic) bond motifs is 1. The predicted molar refractivity (Wildman–Crippen MR) is 108 cm³/mol. The molecule has 1 aromatic heterocycles. The monoisotopic (exact) mass is 420 g/mol. The highest BCUT2D eigenvalue weighted by atomic mass is 32.2. The molecule has 28 heavy (non-hydrogen) atoms. The Kier molecular flexibility index (Phi) is 5.61. The highest BCUT2D eigenvalue weighted by Crippen LogP contribution is 2.33. The number of anilines is 1. The molecule has 3 aromatic rings. The van der Waals surface area contributed by atoms with Gasteiger partial charge in [0.1, 0.15) is 11.3 Å². The quantitative estimate of drug-likeness (QED) is 0.537.